The molecule has 3 nitrogen and oxygen atoms in total. The number of likely N-dealkylation sites (N-methyl/N-ethyl adjacent to an activating group) is 1. The number of aromatic nitrogens is 1. The first-order chi connectivity index (χ1) is 10.6. The van der Waals surface area contributed by atoms with Gasteiger partial charge in [0, 0.05) is 36.9 Å². The molecule has 1 aromatic carbocycles. The Balaban J connectivity index is 1.85. The van der Waals surface area contributed by atoms with Crippen molar-refractivity contribution in [1.82, 2.24) is 9.88 Å². The number of nitrogens with zero attached hydrogens (tertiary/aromatic N) is 2. The Morgan fingerprint density at radius 1 is 1.14 bits per heavy atom. The number of hydrogen-bond acceptors (Lipinski definition) is 2. The minimum absolute atomic E-state index is 0.158. The summed E-state index contributed by atoms with van der Waals surface area (Å²) in [6.07, 6.45) is 5.61. The van der Waals surface area contributed by atoms with E-state index in [1.165, 1.54) is 5.56 Å². The molecule has 0 aliphatic rings. The van der Waals surface area contributed by atoms with Gasteiger partial charge in [0.25, 0.3) is 0 Å². The van der Waals surface area contributed by atoms with E-state index >= 15 is 0 Å². The van der Waals surface area contributed by atoms with Crippen molar-refractivity contribution in [3.8, 4) is 0 Å². The molecule has 1 amide bonds. The molecule has 0 fully saturated rings. The molecule has 0 N–H and O–H groups in total. The van der Waals surface area contributed by atoms with Crippen LogP contribution in [0.3, 0.4) is 0 Å². The van der Waals surface area contributed by atoms with Crippen LogP contribution in [0.2, 0.25) is 5.02 Å². The van der Waals surface area contributed by atoms with E-state index < -0.39 is 0 Å². The average molecular weight is 317 g/mol. The molecule has 4 heteroatoms. The molecule has 0 saturated carbocycles. The van der Waals surface area contributed by atoms with Crippen molar-refractivity contribution < 1.29 is 4.79 Å². The van der Waals surface area contributed by atoms with Gasteiger partial charge in [-0.05, 0) is 55.2 Å². The highest BCUT2D eigenvalue weighted by Gasteiger charge is 2.16. The van der Waals surface area contributed by atoms with E-state index in [2.05, 4.69) is 11.9 Å². The summed E-state index contributed by atoms with van der Waals surface area (Å²) in [7, 11) is 1.87. The summed E-state index contributed by atoms with van der Waals surface area (Å²) in [6, 6.07) is 11.8. The van der Waals surface area contributed by atoms with Crippen LogP contribution in [0.4, 0.5) is 0 Å². The van der Waals surface area contributed by atoms with Crippen molar-refractivity contribution in [3.05, 3.63) is 64.9 Å². The number of aryl methyl sites for hydroxylation is 1. The molecule has 0 radical (unpaired) electrons. The Kier molecular flexibility index (Phi) is 5.96. The van der Waals surface area contributed by atoms with Gasteiger partial charge < -0.3 is 4.90 Å². The van der Waals surface area contributed by atoms with Crippen LogP contribution >= 0.6 is 11.6 Å². The SMILES string of the molecule is CC(Cc1ccc(Cl)cc1)N(C)C(=O)CCc1ccncc1. The molecule has 1 unspecified atom stereocenters. The van der Waals surface area contributed by atoms with E-state index in [0.29, 0.717) is 6.42 Å². The van der Waals surface area contributed by atoms with Gasteiger partial charge in [-0.3, -0.25) is 9.78 Å². The molecule has 1 heterocycles. The van der Waals surface area contributed by atoms with E-state index in [1.807, 2.05) is 48.3 Å². The Labute approximate surface area is 136 Å². The maximum absolute atomic E-state index is 12.3. The Bertz CT molecular complexity index is 598. The Morgan fingerprint density at radius 2 is 1.77 bits per heavy atom. The summed E-state index contributed by atoms with van der Waals surface area (Å²) in [5.74, 6) is 0.165. The third-order valence-electron chi connectivity index (χ3n) is 3.88. The summed E-state index contributed by atoms with van der Waals surface area (Å²) in [5.41, 5.74) is 2.33. The minimum Gasteiger partial charge on any atom is -0.343 e. The first-order valence-electron chi connectivity index (χ1n) is 7.45. The monoisotopic (exact) mass is 316 g/mol. The highest BCUT2D eigenvalue weighted by atomic mass is 35.5. The molecule has 0 aliphatic heterocycles. The second-order valence-corrected chi connectivity index (χ2v) is 5.98. The number of carbonyl (C=O) groups is 1. The van der Waals surface area contributed by atoms with Crippen LogP contribution < -0.4 is 0 Å². The van der Waals surface area contributed by atoms with Gasteiger partial charge in [-0.15, -0.1) is 0 Å². The fourth-order valence-electron chi connectivity index (χ4n) is 2.32. The van der Waals surface area contributed by atoms with E-state index in [-0.39, 0.29) is 11.9 Å². The van der Waals surface area contributed by atoms with Gasteiger partial charge in [-0.1, -0.05) is 23.7 Å². The molecule has 0 aliphatic carbocycles. The summed E-state index contributed by atoms with van der Waals surface area (Å²) < 4.78 is 0. The van der Waals surface area contributed by atoms with Crippen LogP contribution in [-0.4, -0.2) is 28.9 Å². The molecule has 0 saturated heterocycles. The maximum atomic E-state index is 12.3. The van der Waals surface area contributed by atoms with Gasteiger partial charge in [0.15, 0.2) is 0 Å². The van der Waals surface area contributed by atoms with E-state index in [0.717, 1.165) is 23.4 Å². The second kappa shape index (κ2) is 7.95. The lowest BCUT2D eigenvalue weighted by molar-refractivity contribution is -0.131. The molecule has 2 rings (SSSR count). The van der Waals surface area contributed by atoms with E-state index in [4.69, 9.17) is 11.6 Å². The van der Waals surface area contributed by atoms with Crippen molar-refractivity contribution in [2.75, 3.05) is 7.05 Å². The first-order valence-corrected chi connectivity index (χ1v) is 7.83. The summed E-state index contributed by atoms with van der Waals surface area (Å²) in [5, 5.41) is 0.734. The Hall–Kier alpha value is -1.87. The van der Waals surface area contributed by atoms with Crippen LogP contribution in [-0.2, 0) is 17.6 Å². The number of benzene rings is 1. The predicted octanol–water partition coefficient (Wildman–Crippen LogP) is 3.76. The lowest BCUT2D eigenvalue weighted by atomic mass is 10.1. The number of halogens is 1. The molecule has 0 bridgehead atoms. The second-order valence-electron chi connectivity index (χ2n) is 5.54. The predicted molar refractivity (Wildman–Crippen MR) is 89.9 cm³/mol. The van der Waals surface area contributed by atoms with Crippen LogP contribution in [0.1, 0.15) is 24.5 Å². The molecule has 1 aromatic heterocycles. The molecule has 22 heavy (non-hydrogen) atoms. The molecular formula is C18H21ClN2O. The molecule has 0 spiro atoms. The van der Waals surface area contributed by atoms with Crippen molar-refractivity contribution in [3.63, 3.8) is 0 Å². The largest absolute Gasteiger partial charge is 0.343 e. The van der Waals surface area contributed by atoms with Crippen molar-refractivity contribution >= 4 is 17.5 Å². The quantitative estimate of drug-likeness (QED) is 0.813. The van der Waals surface area contributed by atoms with Crippen molar-refractivity contribution in [1.29, 1.82) is 0 Å². The van der Waals surface area contributed by atoms with Gasteiger partial charge in [0.2, 0.25) is 5.91 Å². The normalized spacial score (nSPS) is 12.0. The topological polar surface area (TPSA) is 33.2 Å². The fourth-order valence-corrected chi connectivity index (χ4v) is 2.45. The van der Waals surface area contributed by atoms with Crippen LogP contribution in [0, 0.1) is 0 Å². The lowest BCUT2D eigenvalue weighted by Gasteiger charge is -2.25. The average Bonchev–Trinajstić information content (AvgIpc) is 2.55. The number of pyridine rings is 1. The zero-order chi connectivity index (χ0) is 15.9. The van der Waals surface area contributed by atoms with Gasteiger partial charge in [0.05, 0.1) is 0 Å². The molecule has 116 valence electrons. The third-order valence-corrected chi connectivity index (χ3v) is 4.13. The third kappa shape index (κ3) is 4.85. The fraction of sp³-hybridized carbons (Fsp3) is 0.333. The maximum Gasteiger partial charge on any atom is 0.222 e. The van der Waals surface area contributed by atoms with E-state index in [1.54, 1.807) is 12.4 Å². The number of hydrogen-bond donors (Lipinski definition) is 0. The van der Waals surface area contributed by atoms with Gasteiger partial charge in [-0.25, -0.2) is 0 Å². The van der Waals surface area contributed by atoms with Crippen LogP contribution in [0.15, 0.2) is 48.8 Å². The smallest absolute Gasteiger partial charge is 0.222 e. The standard InChI is InChI=1S/C18H21ClN2O/c1-14(13-16-3-6-17(19)7-4-16)21(2)18(22)8-5-15-9-11-20-12-10-15/h3-4,6-7,9-12,14H,5,8,13H2,1-2H3. The highest BCUT2D eigenvalue weighted by Crippen LogP contribution is 2.13. The molecule has 2 aromatic rings. The summed E-state index contributed by atoms with van der Waals surface area (Å²) in [4.78, 5) is 18.1. The van der Waals surface area contributed by atoms with Gasteiger partial charge >= 0.3 is 0 Å². The lowest BCUT2D eigenvalue weighted by Crippen LogP contribution is -2.36. The van der Waals surface area contributed by atoms with Crippen LogP contribution in [0.25, 0.3) is 0 Å². The number of rotatable bonds is 6. The highest BCUT2D eigenvalue weighted by molar-refractivity contribution is 6.30. The van der Waals surface area contributed by atoms with Gasteiger partial charge in [-0.2, -0.15) is 0 Å². The number of amides is 1. The van der Waals surface area contributed by atoms with Crippen molar-refractivity contribution in [2.45, 2.75) is 32.2 Å². The Morgan fingerprint density at radius 3 is 2.41 bits per heavy atom. The van der Waals surface area contributed by atoms with Crippen LogP contribution in [0.5, 0.6) is 0 Å². The zero-order valence-corrected chi connectivity index (χ0v) is 13.8. The van der Waals surface area contributed by atoms with E-state index in [9.17, 15) is 4.79 Å². The van der Waals surface area contributed by atoms with Gasteiger partial charge in [0.1, 0.15) is 0 Å². The number of carbonyl (C=O) groups excluding carboxylic acids is 1. The first kappa shape index (κ1) is 16.5. The minimum atomic E-state index is 0.158. The molecular weight excluding hydrogens is 296 g/mol. The zero-order valence-electron chi connectivity index (χ0n) is 13.0. The van der Waals surface area contributed by atoms with Crippen molar-refractivity contribution in [2.24, 2.45) is 0 Å². The summed E-state index contributed by atoms with van der Waals surface area (Å²) >= 11 is 5.89. The molecule has 1 atom stereocenters. The summed E-state index contributed by atoms with van der Waals surface area (Å²) in [6.45, 7) is 2.07.